The van der Waals surface area contributed by atoms with E-state index in [1.54, 1.807) is 0 Å². The highest BCUT2D eigenvalue weighted by atomic mass is 16.1. The standard InChI is InChI=1S/C27H28N4O/c1-19-7-11-21(12-8-19)15-23-16-28-26(32)17-29-27-30(18-22-13-9-20(2)10-14-22)24-5-3-4-6-25(24)31(23)27/h3-14,23H,15-18H2,1-2H3,(H,28,32). The molecule has 5 heteroatoms. The van der Waals surface area contributed by atoms with Crippen molar-refractivity contribution < 1.29 is 4.79 Å². The van der Waals surface area contributed by atoms with E-state index in [1.807, 2.05) is 0 Å². The summed E-state index contributed by atoms with van der Waals surface area (Å²) in [5, 5.41) is 3.07. The van der Waals surface area contributed by atoms with E-state index in [0.717, 1.165) is 23.8 Å². The van der Waals surface area contributed by atoms with Gasteiger partial charge in [-0.15, -0.1) is 0 Å². The summed E-state index contributed by atoms with van der Waals surface area (Å²) >= 11 is 0. The molecule has 0 fully saturated rings. The molecule has 1 N–H and O–H groups in total. The highest BCUT2D eigenvalue weighted by molar-refractivity contribution is 6.17. The molecule has 1 atom stereocenters. The number of aliphatic imine (C=N–C) groups is 1. The molecular weight excluding hydrogens is 396 g/mol. The SMILES string of the molecule is Cc1ccc(CC2CNC(=O)CN=C3N(Cc4ccc(C)cc4)c4ccccc4N32)cc1. The molecule has 0 saturated carbocycles. The number of guanidine groups is 1. The predicted octanol–water partition coefficient (Wildman–Crippen LogP) is 4.23. The summed E-state index contributed by atoms with van der Waals surface area (Å²) in [4.78, 5) is 21.8. The number of fused-ring (bicyclic) bond motifs is 3. The zero-order valence-corrected chi connectivity index (χ0v) is 18.6. The van der Waals surface area contributed by atoms with Crippen molar-refractivity contribution in [2.24, 2.45) is 4.99 Å². The van der Waals surface area contributed by atoms with E-state index in [0.29, 0.717) is 13.1 Å². The zero-order chi connectivity index (χ0) is 22.1. The Morgan fingerprint density at radius 1 is 0.875 bits per heavy atom. The van der Waals surface area contributed by atoms with Gasteiger partial charge in [-0.2, -0.15) is 0 Å². The van der Waals surface area contributed by atoms with Gasteiger partial charge in [-0.05, 0) is 43.5 Å². The maximum Gasteiger partial charge on any atom is 0.241 e. The molecular formula is C27H28N4O. The van der Waals surface area contributed by atoms with Crippen LogP contribution in [0.4, 0.5) is 11.4 Å². The first kappa shape index (κ1) is 20.3. The number of carbonyl (C=O) groups is 1. The Morgan fingerprint density at radius 2 is 1.50 bits per heavy atom. The number of hydrogen-bond acceptors (Lipinski definition) is 4. The van der Waals surface area contributed by atoms with Gasteiger partial charge in [0.25, 0.3) is 0 Å². The van der Waals surface area contributed by atoms with Crippen LogP contribution in [-0.2, 0) is 17.8 Å². The van der Waals surface area contributed by atoms with E-state index in [9.17, 15) is 4.79 Å². The van der Waals surface area contributed by atoms with Gasteiger partial charge in [0.1, 0.15) is 6.54 Å². The molecule has 0 aliphatic carbocycles. The smallest absolute Gasteiger partial charge is 0.241 e. The summed E-state index contributed by atoms with van der Waals surface area (Å²) < 4.78 is 0. The third kappa shape index (κ3) is 3.98. The van der Waals surface area contributed by atoms with Crippen molar-refractivity contribution in [3.8, 4) is 0 Å². The highest BCUT2D eigenvalue weighted by Crippen LogP contribution is 2.40. The van der Waals surface area contributed by atoms with Gasteiger partial charge < -0.3 is 15.1 Å². The van der Waals surface area contributed by atoms with Crippen LogP contribution in [0.2, 0.25) is 0 Å². The van der Waals surface area contributed by atoms with E-state index < -0.39 is 0 Å². The lowest BCUT2D eigenvalue weighted by Crippen LogP contribution is -2.52. The van der Waals surface area contributed by atoms with E-state index in [1.165, 1.54) is 22.3 Å². The van der Waals surface area contributed by atoms with Crippen LogP contribution in [0.1, 0.15) is 22.3 Å². The van der Waals surface area contributed by atoms with Crippen molar-refractivity contribution in [2.45, 2.75) is 32.9 Å². The number of amides is 1. The molecule has 0 saturated heterocycles. The monoisotopic (exact) mass is 424 g/mol. The van der Waals surface area contributed by atoms with Crippen LogP contribution in [0.5, 0.6) is 0 Å². The van der Waals surface area contributed by atoms with Crippen molar-refractivity contribution in [2.75, 3.05) is 22.9 Å². The van der Waals surface area contributed by atoms with Gasteiger partial charge in [-0.3, -0.25) is 4.79 Å². The molecule has 162 valence electrons. The van der Waals surface area contributed by atoms with Crippen LogP contribution in [0.3, 0.4) is 0 Å². The molecule has 3 aromatic carbocycles. The Morgan fingerprint density at radius 3 is 2.19 bits per heavy atom. The molecule has 32 heavy (non-hydrogen) atoms. The number of nitrogens with one attached hydrogen (secondary N) is 1. The van der Waals surface area contributed by atoms with Crippen molar-refractivity contribution in [3.63, 3.8) is 0 Å². The third-order valence-electron chi connectivity index (χ3n) is 6.21. The molecule has 5 nitrogen and oxygen atoms in total. The van der Waals surface area contributed by atoms with Gasteiger partial charge in [0.2, 0.25) is 11.9 Å². The summed E-state index contributed by atoms with van der Waals surface area (Å²) in [6, 6.07) is 25.8. The van der Waals surface area contributed by atoms with Gasteiger partial charge in [0.15, 0.2) is 0 Å². The molecule has 0 aromatic heterocycles. The largest absolute Gasteiger partial charge is 0.352 e. The van der Waals surface area contributed by atoms with Gasteiger partial charge in [-0.25, -0.2) is 4.99 Å². The summed E-state index contributed by atoms with van der Waals surface area (Å²) in [6.07, 6.45) is 0.826. The Bertz CT molecular complexity index is 1150. The van der Waals surface area contributed by atoms with E-state index >= 15 is 0 Å². The lowest BCUT2D eigenvalue weighted by atomic mass is 10.0. The van der Waals surface area contributed by atoms with E-state index in [4.69, 9.17) is 4.99 Å². The van der Waals surface area contributed by atoms with Crippen LogP contribution in [0, 0.1) is 13.8 Å². The highest BCUT2D eigenvalue weighted by Gasteiger charge is 2.38. The van der Waals surface area contributed by atoms with Crippen LogP contribution in [0.25, 0.3) is 0 Å². The molecule has 2 aliphatic rings. The lowest BCUT2D eigenvalue weighted by molar-refractivity contribution is -0.119. The molecule has 1 amide bonds. The van der Waals surface area contributed by atoms with Crippen molar-refractivity contribution >= 4 is 23.2 Å². The first-order chi connectivity index (χ1) is 15.6. The molecule has 3 aromatic rings. The Labute approximate surface area is 189 Å². The number of benzene rings is 3. The van der Waals surface area contributed by atoms with Gasteiger partial charge in [0, 0.05) is 6.54 Å². The fourth-order valence-electron chi connectivity index (χ4n) is 4.48. The zero-order valence-electron chi connectivity index (χ0n) is 18.6. The maximum absolute atomic E-state index is 12.4. The van der Waals surface area contributed by atoms with Crippen LogP contribution < -0.4 is 15.1 Å². The number of nitrogens with zero attached hydrogens (tertiary/aromatic N) is 3. The second kappa shape index (κ2) is 8.50. The Kier molecular flexibility index (Phi) is 5.39. The van der Waals surface area contributed by atoms with Crippen molar-refractivity contribution in [1.82, 2.24) is 5.32 Å². The first-order valence-corrected chi connectivity index (χ1v) is 11.2. The molecule has 2 aliphatic heterocycles. The minimum Gasteiger partial charge on any atom is -0.352 e. The van der Waals surface area contributed by atoms with Crippen molar-refractivity contribution in [3.05, 3.63) is 95.1 Å². The topological polar surface area (TPSA) is 47.9 Å². The van der Waals surface area contributed by atoms with Gasteiger partial charge in [-0.1, -0.05) is 71.8 Å². The minimum absolute atomic E-state index is 0.0303. The fourth-order valence-corrected chi connectivity index (χ4v) is 4.48. The number of para-hydroxylation sites is 2. The second-order valence-corrected chi connectivity index (χ2v) is 8.69. The molecule has 2 heterocycles. The summed E-state index contributed by atoms with van der Waals surface area (Å²) in [7, 11) is 0. The maximum atomic E-state index is 12.4. The van der Waals surface area contributed by atoms with Crippen LogP contribution in [0.15, 0.2) is 77.8 Å². The van der Waals surface area contributed by atoms with E-state index in [-0.39, 0.29) is 18.5 Å². The van der Waals surface area contributed by atoms with Crippen molar-refractivity contribution in [1.29, 1.82) is 0 Å². The van der Waals surface area contributed by atoms with Gasteiger partial charge in [0.05, 0.1) is 24.0 Å². The predicted molar refractivity (Wildman–Crippen MR) is 130 cm³/mol. The second-order valence-electron chi connectivity index (χ2n) is 8.69. The lowest BCUT2D eigenvalue weighted by Gasteiger charge is -2.33. The fraction of sp³-hybridized carbons (Fsp3) is 0.259. The first-order valence-electron chi connectivity index (χ1n) is 11.2. The Hall–Kier alpha value is -3.60. The molecule has 1 unspecified atom stereocenters. The minimum atomic E-state index is -0.0303. The summed E-state index contributed by atoms with van der Waals surface area (Å²) in [6.45, 7) is 5.64. The van der Waals surface area contributed by atoms with Crippen LogP contribution in [-0.4, -0.2) is 31.0 Å². The molecule has 0 bridgehead atoms. The average Bonchev–Trinajstić information content (AvgIpc) is 3.09. The third-order valence-corrected chi connectivity index (χ3v) is 6.21. The molecule has 0 radical (unpaired) electrons. The number of hydrogen-bond donors (Lipinski definition) is 1. The number of anilines is 2. The van der Waals surface area contributed by atoms with Gasteiger partial charge >= 0.3 is 0 Å². The normalized spacial score (nSPS) is 17.8. The Balaban J connectivity index is 1.54. The summed E-state index contributed by atoms with van der Waals surface area (Å²) in [5.74, 6) is 0.830. The number of carbonyl (C=O) groups excluding carboxylic acids is 1. The quantitative estimate of drug-likeness (QED) is 0.682. The number of rotatable bonds is 4. The molecule has 5 rings (SSSR count). The summed E-state index contributed by atoms with van der Waals surface area (Å²) in [5.41, 5.74) is 7.25. The van der Waals surface area contributed by atoms with E-state index in [2.05, 4.69) is 102 Å². The molecule has 0 spiro atoms. The van der Waals surface area contributed by atoms with Crippen LogP contribution >= 0.6 is 0 Å². The average molecular weight is 425 g/mol. The number of aryl methyl sites for hydroxylation is 2.